The molecule has 0 heterocycles. The van der Waals surface area contributed by atoms with Crippen LogP contribution in [-0.2, 0) is 0 Å². The largest absolute Gasteiger partial charge is 0.305 e. The summed E-state index contributed by atoms with van der Waals surface area (Å²) < 4.78 is 0. The molecule has 0 amide bonds. The molecule has 2 nitrogen and oxygen atoms in total. The molecule has 0 fully saturated rings. The Hall–Kier alpha value is -1.15. The van der Waals surface area contributed by atoms with Gasteiger partial charge in [0.15, 0.2) is 5.78 Å². The van der Waals surface area contributed by atoms with Crippen molar-refractivity contribution < 1.29 is 4.79 Å². The van der Waals surface area contributed by atoms with Crippen molar-refractivity contribution in [3.05, 3.63) is 34.9 Å². The van der Waals surface area contributed by atoms with Crippen molar-refractivity contribution in [1.29, 1.82) is 0 Å². The smallest absolute Gasteiger partial charge is 0.179 e. The van der Waals surface area contributed by atoms with Crippen molar-refractivity contribution in [3.63, 3.8) is 0 Å². The first-order valence-corrected chi connectivity index (χ1v) is 5.79. The molecule has 1 N–H and O–H groups in total. The van der Waals surface area contributed by atoms with Crippen LogP contribution in [0.1, 0.15) is 42.3 Å². The molecule has 1 atom stereocenters. The van der Waals surface area contributed by atoms with E-state index in [1.807, 2.05) is 45.9 Å². The van der Waals surface area contributed by atoms with E-state index in [0.717, 1.165) is 5.56 Å². The van der Waals surface area contributed by atoms with Gasteiger partial charge in [0.1, 0.15) is 0 Å². The first-order chi connectivity index (χ1) is 7.41. The molecule has 0 aliphatic heterocycles. The van der Waals surface area contributed by atoms with E-state index >= 15 is 0 Å². The topological polar surface area (TPSA) is 29.1 Å². The Bertz CT molecular complexity index is 382. The van der Waals surface area contributed by atoms with E-state index in [1.54, 1.807) is 0 Å². The molecule has 0 aliphatic carbocycles. The molecule has 0 aliphatic rings. The second kappa shape index (κ2) is 5.26. The van der Waals surface area contributed by atoms with Crippen LogP contribution in [0.15, 0.2) is 18.2 Å². The van der Waals surface area contributed by atoms with Crippen LogP contribution in [0.25, 0.3) is 0 Å². The third kappa shape index (κ3) is 3.17. The lowest BCUT2D eigenvalue weighted by atomic mass is 10.00. The third-order valence-electron chi connectivity index (χ3n) is 2.77. The molecule has 1 unspecified atom stereocenters. The first-order valence-electron chi connectivity index (χ1n) is 5.79. The van der Waals surface area contributed by atoms with Gasteiger partial charge < -0.3 is 5.32 Å². The fraction of sp³-hybridized carbons (Fsp3) is 0.500. The number of aryl methyl sites for hydroxylation is 2. The zero-order valence-corrected chi connectivity index (χ0v) is 10.8. The van der Waals surface area contributed by atoms with Gasteiger partial charge in [0.2, 0.25) is 0 Å². The molecule has 1 aromatic rings. The van der Waals surface area contributed by atoms with E-state index < -0.39 is 0 Å². The Morgan fingerprint density at radius 2 is 1.75 bits per heavy atom. The SMILES string of the molecule is Cc1ccc(C(=O)C(C)NC(C)C)cc1C. The molecule has 1 aromatic carbocycles. The molecule has 88 valence electrons. The first kappa shape index (κ1) is 12.9. The average Bonchev–Trinajstić information content (AvgIpc) is 2.20. The predicted octanol–water partition coefficient (Wildman–Crippen LogP) is 2.87. The van der Waals surface area contributed by atoms with Gasteiger partial charge >= 0.3 is 0 Å². The minimum absolute atomic E-state index is 0.123. The van der Waals surface area contributed by atoms with Crippen LogP contribution in [0.5, 0.6) is 0 Å². The van der Waals surface area contributed by atoms with Crippen molar-refractivity contribution in [2.24, 2.45) is 0 Å². The van der Waals surface area contributed by atoms with Crippen LogP contribution in [0.4, 0.5) is 0 Å². The fourth-order valence-corrected chi connectivity index (χ4v) is 1.72. The van der Waals surface area contributed by atoms with Crippen molar-refractivity contribution in [3.8, 4) is 0 Å². The molecule has 1 rings (SSSR count). The van der Waals surface area contributed by atoms with Gasteiger partial charge in [-0.2, -0.15) is 0 Å². The van der Waals surface area contributed by atoms with Crippen LogP contribution in [-0.4, -0.2) is 17.9 Å². The molecule has 0 saturated heterocycles. The minimum Gasteiger partial charge on any atom is -0.305 e. The molecular weight excluding hydrogens is 198 g/mol. The quantitative estimate of drug-likeness (QED) is 0.789. The Labute approximate surface area is 98.1 Å². The van der Waals surface area contributed by atoms with E-state index in [9.17, 15) is 4.79 Å². The minimum atomic E-state index is -0.123. The number of Topliss-reactive ketones (excluding diaryl/α,β-unsaturated/α-hetero) is 1. The standard InChI is InChI=1S/C14H21NO/c1-9(2)15-12(5)14(16)13-7-6-10(3)11(4)8-13/h6-9,12,15H,1-5H3. The van der Waals surface area contributed by atoms with E-state index in [0.29, 0.717) is 6.04 Å². The second-order valence-corrected chi connectivity index (χ2v) is 4.71. The number of carbonyl (C=O) groups excluding carboxylic acids is 1. The highest BCUT2D eigenvalue weighted by atomic mass is 16.1. The lowest BCUT2D eigenvalue weighted by Gasteiger charge is -2.16. The summed E-state index contributed by atoms with van der Waals surface area (Å²) in [5, 5.41) is 3.23. The predicted molar refractivity (Wildman–Crippen MR) is 68.0 cm³/mol. The van der Waals surface area contributed by atoms with Gasteiger partial charge in [-0.25, -0.2) is 0 Å². The zero-order chi connectivity index (χ0) is 12.3. The van der Waals surface area contributed by atoms with E-state index in [4.69, 9.17) is 0 Å². The average molecular weight is 219 g/mol. The van der Waals surface area contributed by atoms with E-state index in [1.165, 1.54) is 11.1 Å². The maximum Gasteiger partial charge on any atom is 0.179 e. The van der Waals surface area contributed by atoms with Crippen molar-refractivity contribution >= 4 is 5.78 Å². The maximum atomic E-state index is 12.1. The van der Waals surface area contributed by atoms with Crippen LogP contribution in [0, 0.1) is 13.8 Å². The number of hydrogen-bond acceptors (Lipinski definition) is 2. The lowest BCUT2D eigenvalue weighted by molar-refractivity contribution is 0.0946. The normalized spacial score (nSPS) is 12.9. The summed E-state index contributed by atoms with van der Waals surface area (Å²) in [4.78, 5) is 12.1. The third-order valence-corrected chi connectivity index (χ3v) is 2.77. The molecule has 0 saturated carbocycles. The Balaban J connectivity index is 2.84. The molecular formula is C14H21NO. The van der Waals surface area contributed by atoms with Gasteiger partial charge in [-0.05, 0) is 38.0 Å². The Morgan fingerprint density at radius 3 is 2.25 bits per heavy atom. The summed E-state index contributed by atoms with van der Waals surface area (Å²) in [5.74, 6) is 0.164. The zero-order valence-electron chi connectivity index (χ0n) is 10.8. The second-order valence-electron chi connectivity index (χ2n) is 4.71. The highest BCUT2D eigenvalue weighted by molar-refractivity contribution is 6.00. The number of ketones is 1. The van der Waals surface area contributed by atoms with Crippen molar-refractivity contribution in [1.82, 2.24) is 5.32 Å². The monoisotopic (exact) mass is 219 g/mol. The number of hydrogen-bond donors (Lipinski definition) is 1. The Kier molecular flexibility index (Phi) is 4.25. The van der Waals surface area contributed by atoms with Crippen LogP contribution >= 0.6 is 0 Å². The summed E-state index contributed by atoms with van der Waals surface area (Å²) in [6.45, 7) is 10.1. The van der Waals surface area contributed by atoms with E-state index in [2.05, 4.69) is 12.2 Å². The van der Waals surface area contributed by atoms with E-state index in [-0.39, 0.29) is 11.8 Å². The van der Waals surface area contributed by atoms with Gasteiger partial charge in [0.05, 0.1) is 6.04 Å². The highest BCUT2D eigenvalue weighted by Gasteiger charge is 2.15. The summed E-state index contributed by atoms with van der Waals surface area (Å²) in [6, 6.07) is 6.08. The number of carbonyl (C=O) groups is 1. The van der Waals surface area contributed by atoms with Crippen LogP contribution in [0.2, 0.25) is 0 Å². The fourth-order valence-electron chi connectivity index (χ4n) is 1.72. The molecule has 0 radical (unpaired) electrons. The summed E-state index contributed by atoms with van der Waals surface area (Å²) in [6.07, 6.45) is 0. The lowest BCUT2D eigenvalue weighted by Crippen LogP contribution is -2.38. The molecule has 0 aromatic heterocycles. The van der Waals surface area contributed by atoms with Gasteiger partial charge in [-0.3, -0.25) is 4.79 Å². The number of nitrogens with one attached hydrogen (secondary N) is 1. The highest BCUT2D eigenvalue weighted by Crippen LogP contribution is 2.11. The van der Waals surface area contributed by atoms with Crippen LogP contribution < -0.4 is 5.32 Å². The number of rotatable bonds is 4. The molecule has 2 heteroatoms. The Morgan fingerprint density at radius 1 is 1.12 bits per heavy atom. The molecule has 0 bridgehead atoms. The van der Waals surface area contributed by atoms with Gasteiger partial charge in [-0.1, -0.05) is 26.0 Å². The van der Waals surface area contributed by atoms with Crippen LogP contribution in [0.3, 0.4) is 0 Å². The van der Waals surface area contributed by atoms with Gasteiger partial charge in [0, 0.05) is 11.6 Å². The maximum absolute atomic E-state index is 12.1. The summed E-state index contributed by atoms with van der Waals surface area (Å²) in [5.41, 5.74) is 3.19. The summed E-state index contributed by atoms with van der Waals surface area (Å²) in [7, 11) is 0. The molecule has 16 heavy (non-hydrogen) atoms. The summed E-state index contributed by atoms with van der Waals surface area (Å²) >= 11 is 0. The van der Waals surface area contributed by atoms with Gasteiger partial charge in [0.25, 0.3) is 0 Å². The molecule has 0 spiro atoms. The van der Waals surface area contributed by atoms with Crippen molar-refractivity contribution in [2.75, 3.05) is 0 Å². The van der Waals surface area contributed by atoms with Gasteiger partial charge in [-0.15, -0.1) is 0 Å². The van der Waals surface area contributed by atoms with Crippen molar-refractivity contribution in [2.45, 2.75) is 46.7 Å². The number of benzene rings is 1.